The minimum atomic E-state index is -4.68. The Morgan fingerprint density at radius 1 is 1.07 bits per heavy atom. The van der Waals surface area contributed by atoms with E-state index < -0.39 is 29.0 Å². The highest BCUT2D eigenvalue weighted by atomic mass is 19.4. The first-order valence-corrected chi connectivity index (χ1v) is 8.84. The zero-order valence-corrected chi connectivity index (χ0v) is 15.7. The molecule has 0 saturated carbocycles. The number of nitrogens with zero attached hydrogens (tertiary/aromatic N) is 1. The summed E-state index contributed by atoms with van der Waals surface area (Å²) in [6, 6.07) is 9.84. The molecule has 30 heavy (non-hydrogen) atoms. The Bertz CT molecular complexity index is 1120. The molecule has 0 bridgehead atoms. The van der Waals surface area contributed by atoms with Crippen LogP contribution in [-0.4, -0.2) is 10.5 Å². The SMILES string of the molecule is CCn1ccc(NC(=O)c2cc(C(F)(F)F)ccc2Oc2ccc(F)cc2)cc1=O. The predicted octanol–water partition coefficient (Wildman–Crippen LogP) is 5.07. The second-order valence-electron chi connectivity index (χ2n) is 6.26. The van der Waals surface area contributed by atoms with Gasteiger partial charge in [0.05, 0.1) is 11.1 Å². The lowest BCUT2D eigenvalue weighted by molar-refractivity contribution is -0.137. The lowest BCUT2D eigenvalue weighted by Crippen LogP contribution is -2.20. The molecule has 0 spiro atoms. The molecule has 2 aromatic carbocycles. The van der Waals surface area contributed by atoms with Crippen LogP contribution >= 0.6 is 0 Å². The van der Waals surface area contributed by atoms with Crippen molar-refractivity contribution in [3.63, 3.8) is 0 Å². The molecule has 0 saturated heterocycles. The number of ether oxygens (including phenoxy) is 1. The fourth-order valence-electron chi connectivity index (χ4n) is 2.65. The van der Waals surface area contributed by atoms with Crippen LogP contribution in [0.4, 0.5) is 23.2 Å². The van der Waals surface area contributed by atoms with Crippen LogP contribution in [0.2, 0.25) is 0 Å². The average Bonchev–Trinajstić information content (AvgIpc) is 2.69. The van der Waals surface area contributed by atoms with E-state index in [1.165, 1.54) is 29.0 Å². The standard InChI is InChI=1S/C21H16F4N2O3/c1-2-27-10-9-15(12-19(27)28)26-20(29)17-11-13(21(23,24)25)3-8-18(17)30-16-6-4-14(22)5-7-16/h3-12H,2H2,1H3,(H,26,29). The molecule has 156 valence electrons. The lowest BCUT2D eigenvalue weighted by Gasteiger charge is -2.15. The first-order valence-electron chi connectivity index (χ1n) is 8.84. The zero-order valence-electron chi connectivity index (χ0n) is 15.7. The van der Waals surface area contributed by atoms with E-state index in [0.29, 0.717) is 12.6 Å². The number of aryl methyl sites for hydroxylation is 1. The van der Waals surface area contributed by atoms with E-state index in [9.17, 15) is 27.2 Å². The fourth-order valence-corrected chi connectivity index (χ4v) is 2.65. The highest BCUT2D eigenvalue weighted by molar-refractivity contribution is 6.06. The summed E-state index contributed by atoms with van der Waals surface area (Å²) >= 11 is 0. The van der Waals surface area contributed by atoms with Gasteiger partial charge in [-0.1, -0.05) is 0 Å². The van der Waals surface area contributed by atoms with Gasteiger partial charge in [0.15, 0.2) is 0 Å². The van der Waals surface area contributed by atoms with Gasteiger partial charge in [-0.15, -0.1) is 0 Å². The molecule has 0 aliphatic rings. The van der Waals surface area contributed by atoms with Crippen molar-refractivity contribution < 1.29 is 27.1 Å². The Labute approximate surface area is 168 Å². The van der Waals surface area contributed by atoms with Gasteiger partial charge < -0.3 is 14.6 Å². The molecular formula is C21H16F4N2O3. The molecule has 1 amide bonds. The maximum Gasteiger partial charge on any atom is 0.416 e. The summed E-state index contributed by atoms with van der Waals surface area (Å²) in [5.41, 5.74) is -1.68. The molecule has 0 radical (unpaired) electrons. The number of rotatable bonds is 5. The maximum atomic E-state index is 13.1. The molecule has 0 fully saturated rings. The first kappa shape index (κ1) is 21.1. The lowest BCUT2D eigenvalue weighted by atomic mass is 10.1. The highest BCUT2D eigenvalue weighted by Crippen LogP contribution is 2.34. The molecular weight excluding hydrogens is 404 g/mol. The van der Waals surface area contributed by atoms with Gasteiger partial charge in [-0.3, -0.25) is 9.59 Å². The van der Waals surface area contributed by atoms with Gasteiger partial charge in [-0.2, -0.15) is 13.2 Å². The van der Waals surface area contributed by atoms with Crippen LogP contribution in [0.5, 0.6) is 11.5 Å². The second-order valence-corrected chi connectivity index (χ2v) is 6.26. The second kappa shape index (κ2) is 8.40. The van der Waals surface area contributed by atoms with Crippen molar-refractivity contribution in [3.8, 4) is 11.5 Å². The number of benzene rings is 2. The molecule has 1 N–H and O–H groups in total. The number of nitrogens with one attached hydrogen (secondary N) is 1. The summed E-state index contributed by atoms with van der Waals surface area (Å²) in [6.45, 7) is 2.19. The number of hydrogen-bond donors (Lipinski definition) is 1. The van der Waals surface area contributed by atoms with E-state index in [2.05, 4.69) is 5.32 Å². The van der Waals surface area contributed by atoms with Crippen molar-refractivity contribution in [3.05, 3.63) is 88.1 Å². The van der Waals surface area contributed by atoms with E-state index in [0.717, 1.165) is 30.3 Å². The molecule has 3 aromatic rings. The summed E-state index contributed by atoms with van der Waals surface area (Å²) in [5.74, 6) is -1.44. The van der Waals surface area contributed by atoms with Crippen LogP contribution in [-0.2, 0) is 12.7 Å². The number of aromatic nitrogens is 1. The number of carbonyl (C=O) groups excluding carboxylic acids is 1. The Morgan fingerprint density at radius 2 is 1.77 bits per heavy atom. The van der Waals surface area contributed by atoms with E-state index in [1.54, 1.807) is 6.92 Å². The average molecular weight is 420 g/mol. The molecule has 1 heterocycles. The Hall–Kier alpha value is -3.62. The number of amides is 1. The molecule has 0 aliphatic carbocycles. The molecule has 0 aliphatic heterocycles. The van der Waals surface area contributed by atoms with Crippen molar-refractivity contribution in [2.75, 3.05) is 5.32 Å². The van der Waals surface area contributed by atoms with Gasteiger partial charge in [-0.05, 0) is 55.5 Å². The summed E-state index contributed by atoms with van der Waals surface area (Å²) < 4.78 is 59.4. The van der Waals surface area contributed by atoms with Crippen molar-refractivity contribution in [1.29, 1.82) is 0 Å². The van der Waals surface area contributed by atoms with Gasteiger partial charge in [0.25, 0.3) is 11.5 Å². The number of pyridine rings is 1. The molecule has 0 atom stereocenters. The van der Waals surface area contributed by atoms with E-state index in [1.807, 2.05) is 0 Å². The summed E-state index contributed by atoms with van der Waals surface area (Å²) in [7, 11) is 0. The first-order chi connectivity index (χ1) is 14.2. The van der Waals surface area contributed by atoms with E-state index in [-0.39, 0.29) is 22.7 Å². The third-order valence-corrected chi connectivity index (χ3v) is 4.19. The van der Waals surface area contributed by atoms with Crippen molar-refractivity contribution >= 4 is 11.6 Å². The van der Waals surface area contributed by atoms with Crippen LogP contribution in [0.1, 0.15) is 22.8 Å². The Morgan fingerprint density at radius 3 is 2.37 bits per heavy atom. The van der Waals surface area contributed by atoms with Crippen LogP contribution in [0, 0.1) is 5.82 Å². The van der Waals surface area contributed by atoms with Gasteiger partial charge in [-0.25, -0.2) is 4.39 Å². The van der Waals surface area contributed by atoms with Gasteiger partial charge in [0, 0.05) is 24.5 Å². The van der Waals surface area contributed by atoms with Crippen molar-refractivity contribution in [1.82, 2.24) is 4.57 Å². The zero-order chi connectivity index (χ0) is 21.9. The minimum absolute atomic E-state index is 0.125. The smallest absolute Gasteiger partial charge is 0.416 e. The third kappa shape index (κ3) is 4.86. The molecule has 3 rings (SSSR count). The number of alkyl halides is 3. The molecule has 0 unspecified atom stereocenters. The maximum absolute atomic E-state index is 13.1. The highest BCUT2D eigenvalue weighted by Gasteiger charge is 2.32. The summed E-state index contributed by atoms with van der Waals surface area (Å²) in [5, 5.41) is 2.40. The Kier molecular flexibility index (Phi) is 5.91. The number of anilines is 1. The largest absolute Gasteiger partial charge is 0.457 e. The summed E-state index contributed by atoms with van der Waals surface area (Å²) in [4.78, 5) is 24.6. The fraction of sp³-hybridized carbons (Fsp3) is 0.143. The van der Waals surface area contributed by atoms with Gasteiger partial charge >= 0.3 is 6.18 Å². The van der Waals surface area contributed by atoms with Crippen LogP contribution in [0.15, 0.2) is 65.6 Å². The topological polar surface area (TPSA) is 60.3 Å². The van der Waals surface area contributed by atoms with Crippen molar-refractivity contribution in [2.45, 2.75) is 19.6 Å². The number of carbonyl (C=O) groups is 1. The minimum Gasteiger partial charge on any atom is -0.457 e. The van der Waals surface area contributed by atoms with Crippen LogP contribution in [0.25, 0.3) is 0 Å². The van der Waals surface area contributed by atoms with E-state index >= 15 is 0 Å². The monoisotopic (exact) mass is 420 g/mol. The van der Waals surface area contributed by atoms with E-state index in [4.69, 9.17) is 4.74 Å². The molecule has 5 nitrogen and oxygen atoms in total. The quantitative estimate of drug-likeness (QED) is 0.587. The van der Waals surface area contributed by atoms with Crippen molar-refractivity contribution in [2.24, 2.45) is 0 Å². The molecule has 1 aromatic heterocycles. The predicted molar refractivity (Wildman–Crippen MR) is 102 cm³/mol. The molecule has 9 heteroatoms. The van der Waals surface area contributed by atoms with Gasteiger partial charge in [0.1, 0.15) is 17.3 Å². The normalized spacial score (nSPS) is 11.2. The number of hydrogen-bond acceptors (Lipinski definition) is 3. The Balaban J connectivity index is 1.96. The number of halogens is 4. The van der Waals surface area contributed by atoms with Crippen LogP contribution < -0.4 is 15.6 Å². The third-order valence-electron chi connectivity index (χ3n) is 4.19. The summed E-state index contributed by atoms with van der Waals surface area (Å²) in [6.07, 6.45) is -3.22. The van der Waals surface area contributed by atoms with Gasteiger partial charge in [0.2, 0.25) is 0 Å². The van der Waals surface area contributed by atoms with Crippen LogP contribution in [0.3, 0.4) is 0 Å².